The van der Waals surface area contributed by atoms with Crippen LogP contribution in [0.3, 0.4) is 0 Å². The fourth-order valence-corrected chi connectivity index (χ4v) is 1.86. The average molecular weight is 207 g/mol. The molecule has 0 unspecified atom stereocenters. The highest BCUT2D eigenvalue weighted by molar-refractivity contribution is 5.82. The number of fused-ring (bicyclic) bond motifs is 1. The molecule has 2 N–H and O–H groups in total. The minimum absolute atomic E-state index is 0.232. The summed E-state index contributed by atoms with van der Waals surface area (Å²) < 4.78 is 18.7. The van der Waals surface area contributed by atoms with Gasteiger partial charge in [-0.15, -0.1) is 0 Å². The van der Waals surface area contributed by atoms with Crippen molar-refractivity contribution in [2.45, 2.75) is 26.3 Å². The highest BCUT2D eigenvalue weighted by atomic mass is 19.1. The summed E-state index contributed by atoms with van der Waals surface area (Å²) in [5.41, 5.74) is 7.37. The molecular formula is C12H14FNO. The van der Waals surface area contributed by atoms with E-state index in [0.29, 0.717) is 6.54 Å². The van der Waals surface area contributed by atoms with Crippen molar-refractivity contribution in [2.75, 3.05) is 0 Å². The highest BCUT2D eigenvalue weighted by Gasteiger charge is 2.12. The first-order chi connectivity index (χ1) is 7.26. The summed E-state index contributed by atoms with van der Waals surface area (Å²) in [6.07, 6.45) is 1.88. The number of aryl methyl sites for hydroxylation is 1. The van der Waals surface area contributed by atoms with E-state index in [2.05, 4.69) is 6.92 Å². The van der Waals surface area contributed by atoms with Crippen molar-refractivity contribution in [2.24, 2.45) is 5.73 Å². The number of hydrogen-bond acceptors (Lipinski definition) is 2. The molecule has 0 radical (unpaired) electrons. The highest BCUT2D eigenvalue weighted by Crippen LogP contribution is 2.27. The third-order valence-electron chi connectivity index (χ3n) is 2.52. The van der Waals surface area contributed by atoms with Crippen LogP contribution in [-0.4, -0.2) is 0 Å². The summed E-state index contributed by atoms with van der Waals surface area (Å²) in [5, 5.41) is 0.859. The second-order valence-electron chi connectivity index (χ2n) is 3.60. The van der Waals surface area contributed by atoms with Crippen LogP contribution in [0.5, 0.6) is 0 Å². The Morgan fingerprint density at radius 3 is 2.87 bits per heavy atom. The maximum atomic E-state index is 13.1. The van der Waals surface area contributed by atoms with Gasteiger partial charge in [-0.05, 0) is 24.6 Å². The summed E-state index contributed by atoms with van der Waals surface area (Å²) in [6.45, 7) is 2.45. The molecule has 3 heteroatoms. The van der Waals surface area contributed by atoms with Gasteiger partial charge in [-0.2, -0.15) is 0 Å². The Balaban J connectivity index is 2.65. The second-order valence-corrected chi connectivity index (χ2v) is 3.60. The molecule has 2 aromatic rings. The van der Waals surface area contributed by atoms with Crippen LogP contribution in [0.4, 0.5) is 4.39 Å². The molecule has 1 aromatic heterocycles. The van der Waals surface area contributed by atoms with Crippen molar-refractivity contribution in [3.05, 3.63) is 35.3 Å². The number of nitrogens with two attached hydrogens (primary N) is 1. The molecule has 0 aliphatic carbocycles. The minimum Gasteiger partial charge on any atom is -0.459 e. The molecule has 15 heavy (non-hydrogen) atoms. The lowest BCUT2D eigenvalue weighted by Crippen LogP contribution is -1.98. The van der Waals surface area contributed by atoms with Gasteiger partial charge in [-0.1, -0.05) is 13.3 Å². The Morgan fingerprint density at radius 1 is 1.40 bits per heavy atom. The molecule has 80 valence electrons. The van der Waals surface area contributed by atoms with Gasteiger partial charge in [-0.3, -0.25) is 0 Å². The number of furan rings is 1. The molecule has 0 aliphatic rings. The van der Waals surface area contributed by atoms with Crippen molar-refractivity contribution in [1.82, 2.24) is 0 Å². The summed E-state index contributed by atoms with van der Waals surface area (Å²) >= 11 is 0. The zero-order valence-electron chi connectivity index (χ0n) is 8.72. The van der Waals surface area contributed by atoms with E-state index in [1.165, 1.54) is 12.1 Å². The predicted octanol–water partition coefficient (Wildman–Crippen LogP) is 2.98. The van der Waals surface area contributed by atoms with E-state index in [0.717, 1.165) is 35.1 Å². The number of rotatable bonds is 3. The molecule has 0 spiro atoms. The van der Waals surface area contributed by atoms with Crippen molar-refractivity contribution in [1.29, 1.82) is 0 Å². The van der Waals surface area contributed by atoms with Gasteiger partial charge in [0.1, 0.15) is 17.2 Å². The van der Waals surface area contributed by atoms with Gasteiger partial charge in [0.05, 0.1) is 6.54 Å². The lowest BCUT2D eigenvalue weighted by atomic mass is 10.1. The molecule has 0 bridgehead atoms. The van der Waals surface area contributed by atoms with Crippen LogP contribution >= 0.6 is 0 Å². The van der Waals surface area contributed by atoms with Crippen molar-refractivity contribution < 1.29 is 8.81 Å². The summed E-state index contributed by atoms with van der Waals surface area (Å²) in [6, 6.07) is 4.58. The van der Waals surface area contributed by atoms with Gasteiger partial charge < -0.3 is 10.2 Å². The van der Waals surface area contributed by atoms with E-state index in [1.54, 1.807) is 6.07 Å². The van der Waals surface area contributed by atoms with Crippen molar-refractivity contribution in [3.63, 3.8) is 0 Å². The van der Waals surface area contributed by atoms with Crippen LogP contribution in [0.15, 0.2) is 22.6 Å². The van der Waals surface area contributed by atoms with Crippen LogP contribution < -0.4 is 5.73 Å². The fraction of sp³-hybridized carbons (Fsp3) is 0.333. The van der Waals surface area contributed by atoms with E-state index in [9.17, 15) is 4.39 Å². The van der Waals surface area contributed by atoms with Gasteiger partial charge in [-0.25, -0.2) is 4.39 Å². The summed E-state index contributed by atoms with van der Waals surface area (Å²) in [4.78, 5) is 0. The molecule has 0 amide bonds. The average Bonchev–Trinajstić information content (AvgIpc) is 2.57. The van der Waals surface area contributed by atoms with E-state index in [-0.39, 0.29) is 5.82 Å². The monoisotopic (exact) mass is 207 g/mol. The van der Waals surface area contributed by atoms with Crippen LogP contribution in [0.25, 0.3) is 11.0 Å². The van der Waals surface area contributed by atoms with Crippen molar-refractivity contribution >= 4 is 11.0 Å². The van der Waals surface area contributed by atoms with E-state index in [4.69, 9.17) is 10.2 Å². The maximum Gasteiger partial charge on any atom is 0.134 e. The van der Waals surface area contributed by atoms with Crippen molar-refractivity contribution in [3.8, 4) is 0 Å². The first-order valence-electron chi connectivity index (χ1n) is 5.16. The zero-order valence-corrected chi connectivity index (χ0v) is 8.72. The molecular weight excluding hydrogens is 193 g/mol. The van der Waals surface area contributed by atoms with Gasteiger partial charge >= 0.3 is 0 Å². The molecule has 0 atom stereocenters. The quantitative estimate of drug-likeness (QED) is 0.840. The normalized spacial score (nSPS) is 11.1. The molecule has 0 fully saturated rings. The SMILES string of the molecule is CCCc1c(CN)oc2ccc(F)cc12. The summed E-state index contributed by atoms with van der Waals surface area (Å²) in [5.74, 6) is 0.543. The van der Waals surface area contributed by atoms with Crippen LogP contribution in [0.1, 0.15) is 24.7 Å². The molecule has 2 nitrogen and oxygen atoms in total. The van der Waals surface area contributed by atoms with E-state index in [1.807, 2.05) is 0 Å². The predicted molar refractivity (Wildman–Crippen MR) is 58.1 cm³/mol. The lowest BCUT2D eigenvalue weighted by molar-refractivity contribution is 0.544. The Labute approximate surface area is 87.9 Å². The number of hydrogen-bond donors (Lipinski definition) is 1. The van der Waals surface area contributed by atoms with Crippen LogP contribution in [0, 0.1) is 5.82 Å². The molecule has 1 aromatic carbocycles. The molecule has 1 heterocycles. The van der Waals surface area contributed by atoms with E-state index < -0.39 is 0 Å². The van der Waals surface area contributed by atoms with Gasteiger partial charge in [0.2, 0.25) is 0 Å². The number of halogens is 1. The van der Waals surface area contributed by atoms with Crippen LogP contribution in [-0.2, 0) is 13.0 Å². The van der Waals surface area contributed by atoms with Crippen LogP contribution in [0.2, 0.25) is 0 Å². The molecule has 0 saturated heterocycles. The summed E-state index contributed by atoms with van der Waals surface area (Å²) in [7, 11) is 0. The smallest absolute Gasteiger partial charge is 0.134 e. The third kappa shape index (κ3) is 1.75. The van der Waals surface area contributed by atoms with Gasteiger partial charge in [0.25, 0.3) is 0 Å². The standard InChI is InChI=1S/C12H14FNO/c1-2-3-9-10-6-8(13)4-5-11(10)15-12(9)7-14/h4-6H,2-3,7,14H2,1H3. The Hall–Kier alpha value is -1.35. The topological polar surface area (TPSA) is 39.2 Å². The van der Waals surface area contributed by atoms with E-state index >= 15 is 0 Å². The maximum absolute atomic E-state index is 13.1. The Morgan fingerprint density at radius 2 is 2.20 bits per heavy atom. The minimum atomic E-state index is -0.232. The second kappa shape index (κ2) is 4.03. The largest absolute Gasteiger partial charge is 0.459 e. The third-order valence-corrected chi connectivity index (χ3v) is 2.52. The van der Waals surface area contributed by atoms with Gasteiger partial charge in [0, 0.05) is 10.9 Å². The van der Waals surface area contributed by atoms with Gasteiger partial charge in [0.15, 0.2) is 0 Å². The zero-order chi connectivity index (χ0) is 10.8. The lowest BCUT2D eigenvalue weighted by Gasteiger charge is -1.97. The molecule has 0 saturated carbocycles. The number of benzene rings is 1. The first kappa shape index (κ1) is 10.2. The first-order valence-corrected chi connectivity index (χ1v) is 5.16. The molecule has 0 aliphatic heterocycles. The Bertz CT molecular complexity index is 476. The fourth-order valence-electron chi connectivity index (χ4n) is 1.86. The Kier molecular flexibility index (Phi) is 2.73. The molecule has 2 rings (SSSR count).